The van der Waals surface area contributed by atoms with Gasteiger partial charge in [-0.15, -0.1) is 0 Å². The van der Waals surface area contributed by atoms with E-state index in [9.17, 15) is 18.0 Å². The molecule has 0 bridgehead atoms. The predicted octanol–water partition coefficient (Wildman–Crippen LogP) is 4.58. The summed E-state index contributed by atoms with van der Waals surface area (Å²) in [5.41, 5.74) is 2.92. The van der Waals surface area contributed by atoms with E-state index in [-0.39, 0.29) is 29.6 Å². The Morgan fingerprint density at radius 3 is 2.21 bits per heavy atom. The van der Waals surface area contributed by atoms with Gasteiger partial charge in [-0.05, 0) is 42.2 Å². The molecular weight excluding hydrogens is 522 g/mol. The van der Waals surface area contributed by atoms with Crippen molar-refractivity contribution in [3.05, 3.63) is 101 Å². The van der Waals surface area contributed by atoms with Gasteiger partial charge in [0.2, 0.25) is 21.8 Å². The van der Waals surface area contributed by atoms with Gasteiger partial charge in [0.05, 0.1) is 17.0 Å². The van der Waals surface area contributed by atoms with Gasteiger partial charge in [-0.2, -0.15) is 0 Å². The van der Waals surface area contributed by atoms with Crippen molar-refractivity contribution in [3.8, 4) is 0 Å². The van der Waals surface area contributed by atoms with E-state index in [2.05, 4.69) is 5.32 Å². The summed E-state index contributed by atoms with van der Waals surface area (Å²) in [6.45, 7) is 4.00. The van der Waals surface area contributed by atoms with Crippen LogP contribution in [0.1, 0.15) is 30.0 Å². The second-order valence-electron chi connectivity index (χ2n) is 9.17. The molecule has 0 radical (unpaired) electrons. The van der Waals surface area contributed by atoms with Gasteiger partial charge in [0.15, 0.2) is 0 Å². The molecule has 3 aromatic rings. The molecule has 202 valence electrons. The topological polar surface area (TPSA) is 86.8 Å². The molecule has 2 amide bonds. The minimum atomic E-state index is -3.87. The van der Waals surface area contributed by atoms with Crippen molar-refractivity contribution in [3.63, 3.8) is 0 Å². The fourth-order valence-corrected chi connectivity index (χ4v) is 5.29. The average Bonchev–Trinajstić information content (AvgIpc) is 2.89. The highest BCUT2D eigenvalue weighted by molar-refractivity contribution is 7.92. The molecule has 0 fully saturated rings. The average molecular weight is 556 g/mol. The van der Waals surface area contributed by atoms with E-state index in [1.54, 1.807) is 24.3 Å². The number of hydrogen-bond donors (Lipinski definition) is 1. The van der Waals surface area contributed by atoms with Gasteiger partial charge < -0.3 is 10.2 Å². The summed E-state index contributed by atoms with van der Waals surface area (Å²) < 4.78 is 26.6. The monoisotopic (exact) mass is 555 g/mol. The number of nitrogens with one attached hydrogen (secondary N) is 1. The molecule has 0 aliphatic heterocycles. The van der Waals surface area contributed by atoms with Gasteiger partial charge in [0, 0.05) is 19.5 Å². The van der Waals surface area contributed by atoms with E-state index >= 15 is 0 Å². The van der Waals surface area contributed by atoms with E-state index in [0.717, 1.165) is 33.7 Å². The van der Waals surface area contributed by atoms with Gasteiger partial charge >= 0.3 is 0 Å². The van der Waals surface area contributed by atoms with E-state index in [1.165, 1.54) is 4.90 Å². The minimum absolute atomic E-state index is 0.142. The minimum Gasteiger partial charge on any atom is -0.354 e. The second kappa shape index (κ2) is 13.4. The number of carbonyl (C=O) groups is 2. The molecular formula is C29H34ClN3O4S. The molecule has 0 saturated carbocycles. The summed E-state index contributed by atoms with van der Waals surface area (Å²) in [6.07, 6.45) is 2.05. The van der Waals surface area contributed by atoms with Crippen LogP contribution in [-0.4, -0.2) is 50.5 Å². The van der Waals surface area contributed by atoms with E-state index in [1.807, 2.05) is 68.4 Å². The van der Waals surface area contributed by atoms with Crippen molar-refractivity contribution in [2.75, 3.05) is 23.7 Å². The Morgan fingerprint density at radius 1 is 0.947 bits per heavy atom. The van der Waals surface area contributed by atoms with Crippen molar-refractivity contribution in [1.82, 2.24) is 10.2 Å². The van der Waals surface area contributed by atoms with E-state index < -0.39 is 28.5 Å². The van der Waals surface area contributed by atoms with Crippen LogP contribution >= 0.6 is 11.6 Å². The normalized spacial score (nSPS) is 12.0. The summed E-state index contributed by atoms with van der Waals surface area (Å²) in [6, 6.07) is 22.7. The summed E-state index contributed by atoms with van der Waals surface area (Å²) >= 11 is 6.32. The number of anilines is 1. The first-order valence-corrected chi connectivity index (χ1v) is 14.7. The first-order chi connectivity index (χ1) is 18.1. The number of nitrogens with zero attached hydrogens (tertiary/aromatic N) is 2. The molecule has 0 spiro atoms. The summed E-state index contributed by atoms with van der Waals surface area (Å²) in [5.74, 6) is -0.799. The van der Waals surface area contributed by atoms with E-state index in [4.69, 9.17) is 11.6 Å². The van der Waals surface area contributed by atoms with Crippen molar-refractivity contribution < 1.29 is 18.0 Å². The number of benzene rings is 3. The highest BCUT2D eigenvalue weighted by atomic mass is 35.5. The summed E-state index contributed by atoms with van der Waals surface area (Å²) in [4.78, 5) is 29.0. The number of carbonyl (C=O) groups excluding carboxylic acids is 2. The van der Waals surface area contributed by atoms with E-state index in [0.29, 0.717) is 6.54 Å². The predicted molar refractivity (Wildman–Crippen MR) is 153 cm³/mol. The van der Waals surface area contributed by atoms with Gasteiger partial charge in [-0.1, -0.05) is 85.3 Å². The number of rotatable bonds is 12. The number of halogens is 1. The standard InChI is InChI=1S/C29H34ClN3O4S/c1-4-18-31-29(35)27(19-23-13-6-5-7-14-23)32(20-24-15-9-8-12-22(24)2)28(34)21-33(38(3,36)37)26-17-11-10-16-25(26)30/h5-17,27H,4,18-21H2,1-3H3,(H,31,35)/t27-/m0/s1. The zero-order valence-corrected chi connectivity index (χ0v) is 23.5. The SMILES string of the molecule is CCCNC(=O)[C@H](Cc1ccccc1)N(Cc1ccccc1C)C(=O)CN(c1ccccc1Cl)S(C)(=O)=O. The fourth-order valence-electron chi connectivity index (χ4n) is 4.14. The molecule has 1 atom stereocenters. The lowest BCUT2D eigenvalue weighted by molar-refractivity contribution is -0.140. The maximum atomic E-state index is 14.0. The number of para-hydroxylation sites is 1. The Morgan fingerprint density at radius 2 is 1.58 bits per heavy atom. The molecule has 0 aromatic heterocycles. The first-order valence-electron chi connectivity index (χ1n) is 12.5. The third kappa shape index (κ3) is 7.82. The number of amides is 2. The van der Waals surface area contributed by atoms with Crippen LogP contribution in [0.15, 0.2) is 78.9 Å². The molecule has 0 aliphatic carbocycles. The molecule has 0 unspecified atom stereocenters. The number of aryl methyl sites for hydroxylation is 1. The number of sulfonamides is 1. The molecule has 0 saturated heterocycles. The van der Waals surface area contributed by atoms with Crippen LogP contribution in [-0.2, 0) is 32.6 Å². The lowest BCUT2D eigenvalue weighted by Crippen LogP contribution is -2.53. The molecule has 38 heavy (non-hydrogen) atoms. The van der Waals surface area contributed by atoms with Gasteiger partial charge in [-0.3, -0.25) is 13.9 Å². The highest BCUT2D eigenvalue weighted by Crippen LogP contribution is 2.28. The van der Waals surface area contributed by atoms with Crippen molar-refractivity contribution in [1.29, 1.82) is 0 Å². The lowest BCUT2D eigenvalue weighted by Gasteiger charge is -2.34. The quantitative estimate of drug-likeness (QED) is 0.354. The van der Waals surface area contributed by atoms with Crippen LogP contribution in [0.5, 0.6) is 0 Å². The van der Waals surface area contributed by atoms with Gasteiger partial charge in [-0.25, -0.2) is 8.42 Å². The molecule has 3 aromatic carbocycles. The zero-order chi connectivity index (χ0) is 27.7. The van der Waals surface area contributed by atoms with Crippen molar-refractivity contribution >= 4 is 39.1 Å². The smallest absolute Gasteiger partial charge is 0.244 e. The maximum Gasteiger partial charge on any atom is 0.244 e. The van der Waals surface area contributed by atoms with Crippen LogP contribution in [0.3, 0.4) is 0 Å². The largest absolute Gasteiger partial charge is 0.354 e. The van der Waals surface area contributed by atoms with Gasteiger partial charge in [0.25, 0.3) is 0 Å². The summed E-state index contributed by atoms with van der Waals surface area (Å²) in [7, 11) is -3.87. The van der Waals surface area contributed by atoms with Crippen LogP contribution in [0.4, 0.5) is 5.69 Å². The Hall–Kier alpha value is -3.36. The highest BCUT2D eigenvalue weighted by Gasteiger charge is 2.33. The maximum absolute atomic E-state index is 14.0. The van der Waals surface area contributed by atoms with Crippen LogP contribution in [0.2, 0.25) is 5.02 Å². The Bertz CT molecular complexity index is 1350. The van der Waals surface area contributed by atoms with Crippen LogP contribution in [0.25, 0.3) is 0 Å². The molecule has 0 heterocycles. The second-order valence-corrected chi connectivity index (χ2v) is 11.5. The molecule has 9 heteroatoms. The van der Waals surface area contributed by atoms with Crippen LogP contribution in [0, 0.1) is 6.92 Å². The molecule has 1 N–H and O–H groups in total. The first kappa shape index (κ1) is 29.2. The van der Waals surface area contributed by atoms with Gasteiger partial charge in [0.1, 0.15) is 12.6 Å². The lowest BCUT2D eigenvalue weighted by atomic mass is 10.0. The molecule has 3 rings (SSSR count). The molecule has 0 aliphatic rings. The third-order valence-corrected chi connectivity index (χ3v) is 7.67. The van der Waals surface area contributed by atoms with Crippen molar-refractivity contribution in [2.45, 2.75) is 39.3 Å². The Kier molecular flexibility index (Phi) is 10.3. The summed E-state index contributed by atoms with van der Waals surface area (Å²) in [5, 5.41) is 3.13. The third-order valence-electron chi connectivity index (χ3n) is 6.22. The molecule has 7 nitrogen and oxygen atoms in total. The fraction of sp³-hybridized carbons (Fsp3) is 0.310. The number of hydrogen-bond acceptors (Lipinski definition) is 4. The Labute approximate surface area is 230 Å². The van der Waals surface area contributed by atoms with Crippen molar-refractivity contribution in [2.24, 2.45) is 0 Å². The zero-order valence-electron chi connectivity index (χ0n) is 21.9. The Balaban J connectivity index is 2.06. The van der Waals surface area contributed by atoms with Crippen LogP contribution < -0.4 is 9.62 Å².